The van der Waals surface area contributed by atoms with Crippen molar-refractivity contribution in [3.8, 4) is 11.5 Å². The highest BCUT2D eigenvalue weighted by molar-refractivity contribution is 14.1. The maximum absolute atomic E-state index is 12.9. The molecule has 0 aliphatic carbocycles. The normalized spacial score (nSPS) is 11.0. The van der Waals surface area contributed by atoms with Gasteiger partial charge in [-0.2, -0.15) is 5.10 Å². The Balaban J connectivity index is 2.02. The van der Waals surface area contributed by atoms with Crippen molar-refractivity contribution in [3.05, 3.63) is 56.9 Å². The molecular weight excluding hydrogens is 450 g/mol. The molecule has 5 nitrogen and oxygen atoms in total. The van der Waals surface area contributed by atoms with Gasteiger partial charge in [0, 0.05) is 0 Å². The maximum atomic E-state index is 12.9. The molecule has 0 bridgehead atoms. The fourth-order valence-electron chi connectivity index (χ4n) is 2.17. The molecule has 1 N–H and O–H groups in total. The van der Waals surface area contributed by atoms with Crippen LogP contribution in [0.25, 0.3) is 0 Å². The van der Waals surface area contributed by atoms with E-state index < -0.39 is 0 Å². The van der Waals surface area contributed by atoms with Gasteiger partial charge in [0.25, 0.3) is 0 Å². The molecule has 2 rings (SSSR count). The molecule has 0 unspecified atom stereocenters. The molecule has 0 saturated carbocycles. The van der Waals surface area contributed by atoms with Gasteiger partial charge in [-0.25, -0.2) is 9.82 Å². The number of rotatable bonds is 7. The molecular formula is C19H20FIN2O3. The molecule has 0 saturated heterocycles. The zero-order chi connectivity index (χ0) is 19.1. The molecule has 1 amide bonds. The van der Waals surface area contributed by atoms with Gasteiger partial charge >= 0.3 is 0 Å². The van der Waals surface area contributed by atoms with Crippen LogP contribution in [-0.4, -0.2) is 25.3 Å². The lowest BCUT2D eigenvalue weighted by molar-refractivity contribution is -0.120. The molecule has 0 spiro atoms. The molecule has 0 radical (unpaired) electrons. The fraction of sp³-hybridized carbons (Fsp3) is 0.263. The van der Waals surface area contributed by atoms with Crippen LogP contribution in [0, 0.1) is 9.39 Å². The van der Waals surface area contributed by atoms with Gasteiger partial charge in [-0.15, -0.1) is 0 Å². The summed E-state index contributed by atoms with van der Waals surface area (Å²) < 4.78 is 24.9. The van der Waals surface area contributed by atoms with Crippen LogP contribution in [0.4, 0.5) is 4.39 Å². The molecule has 26 heavy (non-hydrogen) atoms. The van der Waals surface area contributed by atoms with Gasteiger partial charge in [-0.05, 0) is 71.8 Å². The number of hydrogen-bond acceptors (Lipinski definition) is 4. The lowest BCUT2D eigenvalue weighted by Crippen LogP contribution is -2.19. The molecule has 2 aromatic carbocycles. The highest BCUT2D eigenvalue weighted by atomic mass is 127. The third kappa shape index (κ3) is 5.98. The zero-order valence-electron chi connectivity index (χ0n) is 14.8. The van der Waals surface area contributed by atoms with Gasteiger partial charge in [-0.1, -0.05) is 12.1 Å². The van der Waals surface area contributed by atoms with Crippen molar-refractivity contribution in [2.24, 2.45) is 5.10 Å². The Morgan fingerprint density at radius 2 is 2.00 bits per heavy atom. The van der Waals surface area contributed by atoms with Crippen molar-refractivity contribution in [3.63, 3.8) is 0 Å². The van der Waals surface area contributed by atoms with Crippen LogP contribution in [0.3, 0.4) is 0 Å². The fourth-order valence-corrected chi connectivity index (χ4v) is 2.92. The highest BCUT2D eigenvalue weighted by Gasteiger charge is 2.12. The van der Waals surface area contributed by atoms with Gasteiger partial charge in [0.1, 0.15) is 5.82 Å². The number of halogens is 2. The lowest BCUT2D eigenvalue weighted by atomic mass is 10.1. The quantitative estimate of drug-likeness (QED) is 0.379. The van der Waals surface area contributed by atoms with Gasteiger partial charge < -0.3 is 9.47 Å². The highest BCUT2D eigenvalue weighted by Crippen LogP contribution is 2.34. The number of amides is 1. The summed E-state index contributed by atoms with van der Waals surface area (Å²) in [5.74, 6) is 0.667. The summed E-state index contributed by atoms with van der Waals surface area (Å²) in [6, 6.07) is 9.45. The van der Waals surface area contributed by atoms with Crippen molar-refractivity contribution < 1.29 is 18.7 Å². The van der Waals surface area contributed by atoms with E-state index in [9.17, 15) is 9.18 Å². The minimum absolute atomic E-state index is 0.0303. The monoisotopic (exact) mass is 470 g/mol. The number of hydrogen-bond donors (Lipinski definition) is 1. The first-order chi connectivity index (χ1) is 12.4. The minimum Gasteiger partial charge on any atom is -0.493 e. The van der Waals surface area contributed by atoms with Gasteiger partial charge in [0.2, 0.25) is 5.91 Å². The number of methoxy groups -OCH3 is 1. The topological polar surface area (TPSA) is 59.9 Å². The van der Waals surface area contributed by atoms with Crippen LogP contribution in [0.5, 0.6) is 11.5 Å². The van der Waals surface area contributed by atoms with E-state index in [-0.39, 0.29) is 24.2 Å². The largest absolute Gasteiger partial charge is 0.493 e. The van der Waals surface area contributed by atoms with Crippen LogP contribution in [0.2, 0.25) is 0 Å². The predicted molar refractivity (Wildman–Crippen MR) is 107 cm³/mol. The average molecular weight is 470 g/mol. The Kier molecular flexibility index (Phi) is 7.38. The second-order valence-electron chi connectivity index (χ2n) is 5.80. The maximum Gasteiger partial charge on any atom is 0.244 e. The Hall–Kier alpha value is -2.16. The Morgan fingerprint density at radius 1 is 1.31 bits per heavy atom. The Labute approximate surface area is 165 Å². The summed E-state index contributed by atoms with van der Waals surface area (Å²) in [6.45, 7) is 3.89. The van der Waals surface area contributed by atoms with Crippen LogP contribution in [0.15, 0.2) is 41.5 Å². The first kappa shape index (κ1) is 20.2. The number of carbonyl (C=O) groups is 1. The van der Waals surface area contributed by atoms with Crippen molar-refractivity contribution >= 4 is 34.7 Å². The molecule has 0 heterocycles. The Bertz CT molecular complexity index is 792. The predicted octanol–water partition coefficient (Wildman–Crippen LogP) is 3.92. The summed E-state index contributed by atoms with van der Waals surface area (Å²) in [4.78, 5) is 11.9. The first-order valence-electron chi connectivity index (χ1n) is 7.99. The number of nitrogens with zero attached hydrogens (tertiary/aromatic N) is 1. The second kappa shape index (κ2) is 9.51. The summed E-state index contributed by atoms with van der Waals surface area (Å²) in [5, 5.41) is 3.96. The smallest absolute Gasteiger partial charge is 0.244 e. The molecule has 0 aliphatic heterocycles. The van der Waals surface area contributed by atoms with Crippen molar-refractivity contribution in [2.75, 3.05) is 7.11 Å². The van der Waals surface area contributed by atoms with Crippen molar-refractivity contribution in [1.82, 2.24) is 5.43 Å². The van der Waals surface area contributed by atoms with Crippen LogP contribution < -0.4 is 14.9 Å². The van der Waals surface area contributed by atoms with E-state index in [0.29, 0.717) is 17.1 Å². The minimum atomic E-state index is -0.333. The Morgan fingerprint density at radius 3 is 2.62 bits per heavy atom. The van der Waals surface area contributed by atoms with Gasteiger partial charge in [0.05, 0.1) is 29.4 Å². The summed E-state index contributed by atoms with van der Waals surface area (Å²) in [6.07, 6.45) is 1.69. The molecule has 0 atom stereocenters. The first-order valence-corrected chi connectivity index (χ1v) is 9.07. The standard InChI is InChI=1S/C19H20FIN2O3/c1-12(2)26-19-16(21)8-14(9-17(19)25-3)11-22-23-18(24)10-13-4-6-15(20)7-5-13/h4-9,11-12H,10H2,1-3H3,(H,23,24)/b22-11+. The lowest BCUT2D eigenvalue weighted by Gasteiger charge is -2.15. The second-order valence-corrected chi connectivity index (χ2v) is 6.96. The molecule has 138 valence electrons. The van der Waals surface area contributed by atoms with Gasteiger partial charge in [-0.3, -0.25) is 4.79 Å². The van der Waals surface area contributed by atoms with Crippen molar-refractivity contribution in [1.29, 1.82) is 0 Å². The van der Waals surface area contributed by atoms with Crippen LogP contribution in [0.1, 0.15) is 25.0 Å². The summed E-state index contributed by atoms with van der Waals surface area (Å²) in [7, 11) is 1.57. The van der Waals surface area contributed by atoms with E-state index in [1.54, 1.807) is 25.3 Å². The molecule has 7 heteroatoms. The number of benzene rings is 2. The van der Waals surface area contributed by atoms with Crippen LogP contribution >= 0.6 is 22.6 Å². The van der Waals surface area contributed by atoms with E-state index in [4.69, 9.17) is 9.47 Å². The number of carbonyl (C=O) groups excluding carboxylic acids is 1. The van der Waals surface area contributed by atoms with Gasteiger partial charge in [0.15, 0.2) is 11.5 Å². The van der Waals surface area contributed by atoms with Crippen molar-refractivity contribution in [2.45, 2.75) is 26.4 Å². The van der Waals surface area contributed by atoms with E-state index in [1.165, 1.54) is 18.3 Å². The summed E-state index contributed by atoms with van der Waals surface area (Å²) in [5.41, 5.74) is 3.94. The van der Waals surface area contributed by atoms with E-state index in [1.807, 2.05) is 19.9 Å². The van der Waals surface area contributed by atoms with Crippen LogP contribution in [-0.2, 0) is 11.2 Å². The average Bonchev–Trinajstić information content (AvgIpc) is 2.58. The van der Waals surface area contributed by atoms with E-state index >= 15 is 0 Å². The zero-order valence-corrected chi connectivity index (χ0v) is 16.9. The molecule has 0 fully saturated rings. The molecule has 2 aromatic rings. The molecule has 0 aliphatic rings. The number of nitrogens with one attached hydrogen (secondary N) is 1. The van der Waals surface area contributed by atoms with E-state index in [0.717, 1.165) is 9.13 Å². The number of ether oxygens (including phenoxy) is 2. The third-order valence-electron chi connectivity index (χ3n) is 3.29. The number of hydrazone groups is 1. The third-order valence-corrected chi connectivity index (χ3v) is 4.09. The SMILES string of the molecule is COc1cc(/C=N/NC(=O)Cc2ccc(F)cc2)cc(I)c1OC(C)C. The van der Waals surface area contributed by atoms with E-state index in [2.05, 4.69) is 33.1 Å². The molecule has 0 aromatic heterocycles. The summed E-state index contributed by atoms with van der Waals surface area (Å²) >= 11 is 2.17.